The predicted molar refractivity (Wildman–Crippen MR) is 275 cm³/mol. The fraction of sp³-hybridized carbons (Fsp3) is 0.451. The Morgan fingerprint density at radius 2 is 1.49 bits per heavy atom. The fourth-order valence-electron chi connectivity index (χ4n) is 11.3. The van der Waals surface area contributed by atoms with Crippen molar-refractivity contribution < 1.29 is 28.5 Å². The quantitative estimate of drug-likeness (QED) is 0.0822. The van der Waals surface area contributed by atoms with Gasteiger partial charge in [0.05, 0.1) is 44.9 Å². The van der Waals surface area contributed by atoms with Crippen molar-refractivity contribution in [2.45, 2.75) is 64.3 Å². The molecule has 3 aromatic carbocycles. The number of hydrogen-bond donors (Lipinski definition) is 3. The number of halogens is 1. The molecule has 0 saturated carbocycles. The highest BCUT2D eigenvalue weighted by Gasteiger charge is 2.45. The van der Waals surface area contributed by atoms with Gasteiger partial charge in [-0.1, -0.05) is 0 Å². The van der Waals surface area contributed by atoms with Crippen LogP contribution in [0.3, 0.4) is 0 Å². The third kappa shape index (κ3) is 9.61. The first-order valence-electron chi connectivity index (χ1n) is 24.3. The number of rotatable bonds is 12. The van der Waals surface area contributed by atoms with Crippen molar-refractivity contribution in [3.63, 3.8) is 0 Å². The van der Waals surface area contributed by atoms with E-state index >= 15 is 0 Å². The summed E-state index contributed by atoms with van der Waals surface area (Å²) in [6.45, 7) is 12.8. The maximum atomic E-state index is 13.5. The zero-order valence-electron chi connectivity index (χ0n) is 40.0. The van der Waals surface area contributed by atoms with Crippen molar-refractivity contribution in [3.05, 3.63) is 82.2 Å². The first-order chi connectivity index (χ1) is 33.7. The molecule has 7 heterocycles. The number of likely N-dealkylation sites (tertiary alicyclic amines) is 1. The van der Waals surface area contributed by atoms with E-state index in [0.29, 0.717) is 67.0 Å². The number of anilines is 6. The molecule has 0 bridgehead atoms. The average molecular weight is 1030 g/mol. The van der Waals surface area contributed by atoms with Crippen molar-refractivity contribution >= 4 is 97.6 Å². The van der Waals surface area contributed by atoms with Gasteiger partial charge in [-0.25, -0.2) is 4.98 Å². The van der Waals surface area contributed by atoms with E-state index < -0.39 is 30.9 Å². The third-order valence-corrected chi connectivity index (χ3v) is 17.1. The fourth-order valence-corrected chi connectivity index (χ4v) is 13.0. The highest BCUT2D eigenvalue weighted by atomic mass is 79.9. The van der Waals surface area contributed by atoms with Gasteiger partial charge in [-0.3, -0.25) is 39.4 Å². The molecule has 4 saturated heterocycles. The molecule has 4 amide bonds. The van der Waals surface area contributed by atoms with Gasteiger partial charge >= 0.3 is 0 Å². The summed E-state index contributed by atoms with van der Waals surface area (Å²) in [6.07, 6.45) is 12.1. The van der Waals surface area contributed by atoms with Crippen LogP contribution in [0.15, 0.2) is 65.5 Å². The number of ether oxygens (including phenoxy) is 1. The summed E-state index contributed by atoms with van der Waals surface area (Å²) in [5.74, 6) is 1.73. The first-order valence-corrected chi connectivity index (χ1v) is 27.7. The van der Waals surface area contributed by atoms with Crippen molar-refractivity contribution in [2.24, 2.45) is 17.8 Å². The number of piperidine rings is 4. The average Bonchev–Trinajstić information content (AvgIpc) is 3.60. The lowest BCUT2D eigenvalue weighted by Gasteiger charge is -2.42. The SMILES string of the molecule is COc1cc(N2CCC(C3CCN(CC4CCN(c5ccc6c(c5)C(=O)N(C5CCC(=O)NC5=O)C6=O)CC4)CC3)CC2)c(C)cc1Nc1ncc(Br)c(Nc2ccc3nccnc3c2P(C)(C)=O)n1. The number of nitrogens with zero attached hydrogens (tertiary/aromatic N) is 8. The van der Waals surface area contributed by atoms with E-state index in [4.69, 9.17) is 9.72 Å². The van der Waals surface area contributed by atoms with Gasteiger partial charge in [-0.05, 0) is 154 Å². The van der Waals surface area contributed by atoms with Crippen LogP contribution < -0.4 is 35.8 Å². The smallest absolute Gasteiger partial charge is 0.262 e. The van der Waals surface area contributed by atoms with Crippen molar-refractivity contribution in [1.29, 1.82) is 0 Å². The van der Waals surface area contributed by atoms with Crippen LogP contribution in [0.1, 0.15) is 77.6 Å². The molecule has 366 valence electrons. The molecule has 10 rings (SSSR count). The van der Waals surface area contributed by atoms with Crippen LogP contribution in [-0.2, 0) is 14.2 Å². The molecule has 5 aliphatic heterocycles. The van der Waals surface area contributed by atoms with Gasteiger partial charge in [0.1, 0.15) is 30.3 Å². The molecule has 0 aliphatic carbocycles. The Balaban J connectivity index is 0.697. The molecule has 4 fully saturated rings. The summed E-state index contributed by atoms with van der Waals surface area (Å²) in [4.78, 5) is 77.6. The number of amides is 4. The largest absolute Gasteiger partial charge is 0.494 e. The molecule has 5 aliphatic rings. The summed E-state index contributed by atoms with van der Waals surface area (Å²) in [7, 11) is -1.09. The van der Waals surface area contributed by atoms with Crippen molar-refractivity contribution in [1.82, 2.24) is 35.1 Å². The standard InChI is InChI=1S/C51H59BrN11O6P/c1-30-25-40(57-51-55-28-37(52)47(59-51)56-39-8-7-38-45(54-18-17-53-38)46(39)70(3,4)68)43(69-2)27-42(30)62-23-15-33(16-24-62)32-13-19-60(20-14-32)29-31-11-21-61(22-12-31)34-5-6-35-36(26-34)50(67)63(49(35)66)41-9-10-44(64)58-48(41)65/h5-8,17-18,25-28,31-33,41H,9-16,19-24,29H2,1-4H3,(H,58,64,65)(H2,55,56,57,59). The van der Waals surface area contributed by atoms with E-state index in [1.807, 2.05) is 18.2 Å². The van der Waals surface area contributed by atoms with Gasteiger partial charge in [0.25, 0.3) is 11.8 Å². The Morgan fingerprint density at radius 1 is 0.786 bits per heavy atom. The number of fused-ring (bicyclic) bond motifs is 2. The van der Waals surface area contributed by atoms with Gasteiger partial charge in [0.15, 0.2) is 0 Å². The van der Waals surface area contributed by atoms with Gasteiger partial charge in [-0.15, -0.1) is 0 Å². The lowest BCUT2D eigenvalue weighted by Crippen LogP contribution is -2.54. The summed E-state index contributed by atoms with van der Waals surface area (Å²) >= 11 is 3.60. The summed E-state index contributed by atoms with van der Waals surface area (Å²) in [5, 5.41) is 9.64. The number of aryl methyl sites for hydroxylation is 1. The third-order valence-electron chi connectivity index (χ3n) is 15.0. The molecule has 17 nitrogen and oxygen atoms in total. The van der Waals surface area contributed by atoms with Crippen LogP contribution in [-0.4, -0.2) is 126 Å². The molecule has 2 aromatic heterocycles. The molecule has 1 unspecified atom stereocenters. The number of aromatic nitrogens is 4. The van der Waals surface area contributed by atoms with E-state index in [-0.39, 0.29) is 18.7 Å². The van der Waals surface area contributed by atoms with Crippen LogP contribution in [0.4, 0.5) is 34.5 Å². The molecule has 1 atom stereocenters. The van der Waals surface area contributed by atoms with Gasteiger partial charge in [0, 0.05) is 75.2 Å². The Labute approximate surface area is 416 Å². The molecule has 19 heteroatoms. The molecule has 3 N–H and O–H groups in total. The maximum absolute atomic E-state index is 13.5. The summed E-state index contributed by atoms with van der Waals surface area (Å²) < 4.78 is 20.1. The van der Waals surface area contributed by atoms with Gasteiger partial charge < -0.3 is 34.6 Å². The highest BCUT2D eigenvalue weighted by molar-refractivity contribution is 9.10. The molecule has 0 spiro atoms. The van der Waals surface area contributed by atoms with E-state index in [0.717, 1.165) is 86.4 Å². The molecule has 0 radical (unpaired) electrons. The zero-order chi connectivity index (χ0) is 48.8. The summed E-state index contributed by atoms with van der Waals surface area (Å²) in [6, 6.07) is 12.4. The lowest BCUT2D eigenvalue weighted by atomic mass is 9.78. The minimum Gasteiger partial charge on any atom is -0.494 e. The second kappa shape index (κ2) is 19.7. The minimum atomic E-state index is -2.78. The lowest BCUT2D eigenvalue weighted by molar-refractivity contribution is -0.136. The number of hydrogen-bond acceptors (Lipinski definition) is 15. The Kier molecular flexibility index (Phi) is 13.4. The number of imide groups is 2. The number of benzene rings is 3. The Morgan fingerprint density at radius 3 is 2.20 bits per heavy atom. The Hall–Kier alpha value is -5.97. The van der Waals surface area contributed by atoms with E-state index in [2.05, 4.69) is 80.6 Å². The number of nitrogens with one attached hydrogen (secondary N) is 3. The molecular weight excluding hydrogens is 974 g/mol. The van der Waals surface area contributed by atoms with E-state index in [9.17, 15) is 23.7 Å². The van der Waals surface area contributed by atoms with Gasteiger partial charge in [-0.2, -0.15) is 4.98 Å². The van der Waals surface area contributed by atoms with E-state index in [1.54, 1.807) is 51.2 Å². The predicted octanol–water partition coefficient (Wildman–Crippen LogP) is 7.48. The Bertz CT molecular complexity index is 2930. The van der Waals surface area contributed by atoms with Crippen molar-refractivity contribution in [3.8, 4) is 5.75 Å². The molecular formula is C51H59BrN11O6P. The summed E-state index contributed by atoms with van der Waals surface area (Å²) in [5.41, 5.74) is 6.55. The normalized spacial score (nSPS) is 20.0. The number of methoxy groups -OCH3 is 1. The highest BCUT2D eigenvalue weighted by Crippen LogP contribution is 2.43. The topological polar surface area (TPSA) is 195 Å². The van der Waals surface area contributed by atoms with Crippen LogP contribution >= 0.6 is 23.1 Å². The first kappa shape index (κ1) is 47.7. The number of carbonyl (C=O) groups excluding carboxylic acids is 4. The number of carbonyl (C=O) groups is 4. The van der Waals surface area contributed by atoms with E-state index in [1.165, 1.54) is 31.4 Å². The second-order valence-corrected chi connectivity index (χ2v) is 23.8. The monoisotopic (exact) mass is 1030 g/mol. The molecule has 5 aromatic rings. The minimum absolute atomic E-state index is 0.0997. The zero-order valence-corrected chi connectivity index (χ0v) is 42.5. The van der Waals surface area contributed by atoms with Crippen LogP contribution in [0.2, 0.25) is 0 Å². The molecule has 70 heavy (non-hydrogen) atoms. The van der Waals surface area contributed by atoms with Gasteiger partial charge in [0.2, 0.25) is 17.8 Å². The maximum Gasteiger partial charge on any atom is 0.262 e. The second-order valence-electron chi connectivity index (χ2n) is 19.8. The van der Waals surface area contributed by atoms with Crippen LogP contribution in [0, 0.1) is 24.7 Å². The van der Waals surface area contributed by atoms with Crippen molar-refractivity contribution in [2.75, 3.05) is 86.7 Å². The van der Waals surface area contributed by atoms with Crippen LogP contribution in [0.5, 0.6) is 5.75 Å². The van der Waals surface area contributed by atoms with Crippen LogP contribution in [0.25, 0.3) is 11.0 Å².